The van der Waals surface area contributed by atoms with E-state index in [9.17, 15) is 4.79 Å². The Kier molecular flexibility index (Phi) is 2.49. The van der Waals surface area contributed by atoms with Crippen LogP contribution in [-0.4, -0.2) is 18.0 Å². The van der Waals surface area contributed by atoms with E-state index in [2.05, 4.69) is 15.8 Å². The van der Waals surface area contributed by atoms with Gasteiger partial charge in [-0.3, -0.25) is 5.32 Å². The minimum Gasteiger partial charge on any atom is -0.454 e. The van der Waals surface area contributed by atoms with Crippen molar-refractivity contribution in [2.75, 3.05) is 17.4 Å². The first-order chi connectivity index (χ1) is 8.81. The molecule has 0 aliphatic carbocycles. The van der Waals surface area contributed by atoms with E-state index in [0.29, 0.717) is 17.2 Å². The number of rotatable bonds is 2. The van der Waals surface area contributed by atoms with Crippen molar-refractivity contribution in [3.05, 3.63) is 30.5 Å². The summed E-state index contributed by atoms with van der Waals surface area (Å²) in [6, 6.07) is 6.24. The summed E-state index contributed by atoms with van der Waals surface area (Å²) in [5.74, 6) is 1.54. The van der Waals surface area contributed by atoms with Crippen LogP contribution in [0.2, 0.25) is 0 Å². The molecular formula is C11H9N3O4. The number of nitrogens with one attached hydrogen (secondary N) is 2. The predicted molar refractivity (Wildman–Crippen MR) is 61.7 cm³/mol. The van der Waals surface area contributed by atoms with Gasteiger partial charge in [0.25, 0.3) is 0 Å². The Hall–Kier alpha value is -2.70. The maximum absolute atomic E-state index is 11.6. The van der Waals surface area contributed by atoms with Crippen LogP contribution in [0.15, 0.2) is 35.0 Å². The lowest BCUT2D eigenvalue weighted by molar-refractivity contribution is 0.174. The Bertz CT molecular complexity index is 568. The highest BCUT2D eigenvalue weighted by Gasteiger charge is 2.14. The van der Waals surface area contributed by atoms with Crippen molar-refractivity contribution in [1.29, 1.82) is 0 Å². The van der Waals surface area contributed by atoms with E-state index < -0.39 is 6.03 Å². The lowest BCUT2D eigenvalue weighted by atomic mass is 10.3. The van der Waals surface area contributed by atoms with Gasteiger partial charge in [0.1, 0.15) is 0 Å². The molecule has 0 bridgehead atoms. The molecule has 3 rings (SSSR count). The molecule has 1 aliphatic heterocycles. The number of anilines is 2. The number of carbonyl (C=O) groups is 1. The maximum atomic E-state index is 11.6. The molecule has 0 unspecified atom stereocenters. The summed E-state index contributed by atoms with van der Waals surface area (Å²) < 4.78 is 15.1. The summed E-state index contributed by atoms with van der Waals surface area (Å²) in [6.07, 6.45) is 1.44. The van der Waals surface area contributed by atoms with Crippen molar-refractivity contribution >= 4 is 17.6 Å². The van der Waals surface area contributed by atoms with Gasteiger partial charge < -0.3 is 19.3 Å². The van der Waals surface area contributed by atoms with E-state index in [-0.39, 0.29) is 12.7 Å². The summed E-state index contributed by atoms with van der Waals surface area (Å²) in [5.41, 5.74) is 0.594. The number of hydrogen-bond donors (Lipinski definition) is 2. The lowest BCUT2D eigenvalue weighted by Gasteiger charge is -2.05. The molecule has 2 heterocycles. The van der Waals surface area contributed by atoms with Gasteiger partial charge in [-0.1, -0.05) is 5.16 Å². The zero-order chi connectivity index (χ0) is 12.4. The highest BCUT2D eigenvalue weighted by atomic mass is 16.7. The van der Waals surface area contributed by atoms with Crippen molar-refractivity contribution < 1.29 is 18.8 Å². The van der Waals surface area contributed by atoms with Crippen molar-refractivity contribution in [1.82, 2.24) is 5.16 Å². The second-order valence-corrected chi connectivity index (χ2v) is 3.52. The van der Waals surface area contributed by atoms with Gasteiger partial charge in [0.2, 0.25) is 12.7 Å². The van der Waals surface area contributed by atoms with Crippen LogP contribution in [0.3, 0.4) is 0 Å². The van der Waals surface area contributed by atoms with Crippen molar-refractivity contribution in [3.8, 4) is 11.5 Å². The van der Waals surface area contributed by atoms with Crippen LogP contribution in [0.1, 0.15) is 0 Å². The second-order valence-electron chi connectivity index (χ2n) is 3.52. The Morgan fingerprint density at radius 2 is 2.06 bits per heavy atom. The van der Waals surface area contributed by atoms with E-state index in [0.717, 1.165) is 0 Å². The third kappa shape index (κ3) is 2.05. The molecule has 1 aliphatic rings. The number of urea groups is 1. The summed E-state index contributed by atoms with van der Waals surface area (Å²) >= 11 is 0. The first-order valence-electron chi connectivity index (χ1n) is 5.19. The molecule has 2 N–H and O–H groups in total. The molecule has 7 nitrogen and oxygen atoms in total. The number of ether oxygens (including phenoxy) is 2. The number of benzene rings is 1. The quantitative estimate of drug-likeness (QED) is 0.848. The number of aromatic nitrogens is 1. The number of nitrogens with zero attached hydrogens (tertiary/aromatic N) is 1. The van der Waals surface area contributed by atoms with Crippen LogP contribution in [0, 0.1) is 0 Å². The summed E-state index contributed by atoms with van der Waals surface area (Å²) in [4.78, 5) is 11.6. The smallest absolute Gasteiger partial charge is 0.326 e. The minimum atomic E-state index is -0.425. The highest BCUT2D eigenvalue weighted by molar-refractivity contribution is 5.99. The minimum absolute atomic E-state index is 0.197. The molecule has 1 aromatic carbocycles. The van der Waals surface area contributed by atoms with Gasteiger partial charge in [-0.05, 0) is 12.1 Å². The zero-order valence-corrected chi connectivity index (χ0v) is 9.17. The number of amides is 2. The molecule has 0 fully saturated rings. The third-order valence-corrected chi connectivity index (χ3v) is 2.30. The van der Waals surface area contributed by atoms with Gasteiger partial charge in [-0.2, -0.15) is 0 Å². The van der Waals surface area contributed by atoms with Crippen LogP contribution in [0.4, 0.5) is 16.4 Å². The van der Waals surface area contributed by atoms with E-state index in [4.69, 9.17) is 14.0 Å². The number of hydrogen-bond acceptors (Lipinski definition) is 5. The van der Waals surface area contributed by atoms with Gasteiger partial charge >= 0.3 is 6.03 Å². The predicted octanol–water partition coefficient (Wildman–Crippen LogP) is 2.05. The van der Waals surface area contributed by atoms with Gasteiger partial charge in [0.05, 0.1) is 6.20 Å². The molecule has 2 amide bonds. The number of fused-ring (bicyclic) bond motifs is 1. The van der Waals surface area contributed by atoms with Gasteiger partial charge in [-0.15, -0.1) is 0 Å². The average Bonchev–Trinajstić information content (AvgIpc) is 2.98. The van der Waals surface area contributed by atoms with Crippen molar-refractivity contribution in [2.24, 2.45) is 0 Å². The van der Waals surface area contributed by atoms with Gasteiger partial charge in [0.15, 0.2) is 11.5 Å². The summed E-state index contributed by atoms with van der Waals surface area (Å²) in [6.45, 7) is 0.197. The molecule has 92 valence electrons. The first-order valence-corrected chi connectivity index (χ1v) is 5.19. The van der Waals surface area contributed by atoms with E-state index in [1.165, 1.54) is 6.20 Å². The lowest BCUT2D eigenvalue weighted by Crippen LogP contribution is -2.18. The third-order valence-electron chi connectivity index (χ3n) is 2.30. The summed E-state index contributed by atoms with van der Waals surface area (Å²) in [7, 11) is 0. The molecule has 0 saturated carbocycles. The first kappa shape index (κ1) is 10.5. The summed E-state index contributed by atoms with van der Waals surface area (Å²) in [5, 5.41) is 8.60. The molecule has 0 spiro atoms. The monoisotopic (exact) mass is 247 g/mol. The molecule has 18 heavy (non-hydrogen) atoms. The molecule has 7 heteroatoms. The zero-order valence-electron chi connectivity index (χ0n) is 9.17. The van der Waals surface area contributed by atoms with Gasteiger partial charge in [0, 0.05) is 17.8 Å². The molecule has 2 aromatic rings. The topological polar surface area (TPSA) is 85.6 Å². The molecule has 1 aromatic heterocycles. The van der Waals surface area contributed by atoms with Crippen LogP contribution >= 0.6 is 0 Å². The second kappa shape index (κ2) is 4.28. The van der Waals surface area contributed by atoms with Crippen LogP contribution in [0.5, 0.6) is 11.5 Å². The van der Waals surface area contributed by atoms with Crippen LogP contribution in [-0.2, 0) is 0 Å². The van der Waals surface area contributed by atoms with Crippen molar-refractivity contribution in [2.45, 2.75) is 0 Å². The van der Waals surface area contributed by atoms with Gasteiger partial charge in [-0.25, -0.2) is 4.79 Å². The Balaban J connectivity index is 1.67. The Morgan fingerprint density at radius 1 is 1.17 bits per heavy atom. The SMILES string of the molecule is O=C(Nc1ccc2c(c1)OCO2)Nc1ccno1. The molecule has 0 saturated heterocycles. The van der Waals surface area contributed by atoms with E-state index >= 15 is 0 Å². The highest BCUT2D eigenvalue weighted by Crippen LogP contribution is 2.34. The molecule has 0 radical (unpaired) electrons. The van der Waals surface area contributed by atoms with Crippen LogP contribution < -0.4 is 20.1 Å². The normalized spacial score (nSPS) is 12.2. The van der Waals surface area contributed by atoms with E-state index in [1.54, 1.807) is 24.3 Å². The Morgan fingerprint density at radius 3 is 2.89 bits per heavy atom. The van der Waals surface area contributed by atoms with Crippen LogP contribution in [0.25, 0.3) is 0 Å². The molecule has 0 atom stereocenters. The fourth-order valence-corrected chi connectivity index (χ4v) is 1.53. The Labute approximate surface area is 102 Å². The fourth-order valence-electron chi connectivity index (χ4n) is 1.53. The standard InChI is InChI=1S/C11H9N3O4/c15-11(14-10-3-4-12-18-10)13-7-1-2-8-9(5-7)17-6-16-8/h1-5H,6H2,(H2,13,14,15). The van der Waals surface area contributed by atoms with E-state index in [1.807, 2.05) is 0 Å². The maximum Gasteiger partial charge on any atom is 0.326 e. The largest absolute Gasteiger partial charge is 0.454 e. The number of carbonyl (C=O) groups excluding carboxylic acids is 1. The van der Waals surface area contributed by atoms with Crippen molar-refractivity contribution in [3.63, 3.8) is 0 Å². The fraction of sp³-hybridized carbons (Fsp3) is 0.0909. The molecular weight excluding hydrogens is 238 g/mol. The average molecular weight is 247 g/mol.